The predicted octanol–water partition coefficient (Wildman–Crippen LogP) is 5.85. The molecule has 0 fully saturated rings. The van der Waals surface area contributed by atoms with Crippen molar-refractivity contribution in [3.05, 3.63) is 95.3 Å². The molecule has 7 heteroatoms. The second-order valence-electron chi connectivity index (χ2n) is 7.12. The molecule has 1 N–H and O–H groups in total. The van der Waals surface area contributed by atoms with E-state index in [4.69, 9.17) is 0 Å². The maximum Gasteiger partial charge on any atom is 0.256 e. The largest absolute Gasteiger partial charge is 0.306 e. The molecule has 0 aliphatic carbocycles. The number of rotatable bonds is 4. The summed E-state index contributed by atoms with van der Waals surface area (Å²) in [7, 11) is 0. The molecule has 2 aromatic heterocycles. The molecule has 0 unspecified atom stereocenters. The van der Waals surface area contributed by atoms with Crippen LogP contribution >= 0.6 is 11.3 Å². The van der Waals surface area contributed by atoms with Crippen LogP contribution in [-0.2, 0) is 0 Å². The van der Waals surface area contributed by atoms with E-state index >= 15 is 0 Å². The van der Waals surface area contributed by atoms with E-state index in [1.807, 2.05) is 48.7 Å². The molecule has 2 heterocycles. The molecule has 1 amide bonds. The number of thiazole rings is 1. The topological polar surface area (TPSA) is 59.8 Å². The van der Waals surface area contributed by atoms with E-state index in [0.29, 0.717) is 16.5 Å². The van der Waals surface area contributed by atoms with Crippen LogP contribution in [0.15, 0.2) is 78.2 Å². The lowest BCUT2D eigenvalue weighted by molar-refractivity contribution is 0.102. The van der Waals surface area contributed by atoms with Crippen LogP contribution in [0, 0.1) is 12.7 Å². The van der Waals surface area contributed by atoms with Gasteiger partial charge in [0.2, 0.25) is 5.13 Å². The van der Waals surface area contributed by atoms with E-state index in [1.165, 1.54) is 23.5 Å². The zero-order valence-corrected chi connectivity index (χ0v) is 17.4. The lowest BCUT2D eigenvalue weighted by Crippen LogP contribution is -2.15. The molecule has 0 saturated carbocycles. The summed E-state index contributed by atoms with van der Waals surface area (Å²) in [5.74, 6) is 0.0264. The average Bonchev–Trinajstić information content (AvgIpc) is 3.40. The molecule has 31 heavy (non-hydrogen) atoms. The van der Waals surface area contributed by atoms with Crippen molar-refractivity contribution in [1.82, 2.24) is 14.8 Å². The number of halogens is 1. The van der Waals surface area contributed by atoms with Crippen molar-refractivity contribution in [3.8, 4) is 16.4 Å². The fourth-order valence-electron chi connectivity index (χ4n) is 3.37. The van der Waals surface area contributed by atoms with Gasteiger partial charge in [-0.2, -0.15) is 9.78 Å². The van der Waals surface area contributed by atoms with E-state index in [1.54, 1.807) is 28.9 Å². The summed E-state index contributed by atoms with van der Waals surface area (Å²) in [6.07, 6.45) is 0. The minimum absolute atomic E-state index is 0.220. The molecule has 0 bridgehead atoms. The lowest BCUT2D eigenvalue weighted by Gasteiger charge is -2.07. The van der Waals surface area contributed by atoms with Crippen LogP contribution in [0.1, 0.15) is 16.1 Å². The standard InChI is InChI=1S/C24H17FN4OS/c1-15-12-22(27-23(30)19-7-6-16-4-2-3-5-18(16)13-19)29(28-15)24-26-21(14-31-24)17-8-10-20(25)11-9-17/h2-14H,1H3,(H,27,30). The first-order valence-corrected chi connectivity index (χ1v) is 10.5. The van der Waals surface area contributed by atoms with Gasteiger partial charge in [-0.15, -0.1) is 11.3 Å². The summed E-state index contributed by atoms with van der Waals surface area (Å²) in [6, 6.07) is 21.5. The van der Waals surface area contributed by atoms with E-state index in [2.05, 4.69) is 15.4 Å². The fraction of sp³-hybridized carbons (Fsp3) is 0.0417. The number of anilines is 1. The molecule has 5 aromatic rings. The molecule has 0 radical (unpaired) electrons. The molecule has 3 aromatic carbocycles. The second kappa shape index (κ2) is 7.77. The van der Waals surface area contributed by atoms with Crippen molar-refractivity contribution >= 4 is 33.8 Å². The van der Waals surface area contributed by atoms with Crippen molar-refractivity contribution in [2.75, 3.05) is 5.32 Å². The Morgan fingerprint density at radius 3 is 2.58 bits per heavy atom. The van der Waals surface area contributed by atoms with Crippen molar-refractivity contribution in [2.24, 2.45) is 0 Å². The number of nitrogens with zero attached hydrogens (tertiary/aromatic N) is 3. The zero-order valence-electron chi connectivity index (χ0n) is 16.5. The lowest BCUT2D eigenvalue weighted by atomic mass is 10.1. The van der Waals surface area contributed by atoms with Gasteiger partial charge in [-0.1, -0.05) is 30.3 Å². The molecule has 0 spiro atoms. The van der Waals surface area contributed by atoms with Crippen LogP contribution in [0.3, 0.4) is 0 Å². The first-order chi connectivity index (χ1) is 15.1. The monoisotopic (exact) mass is 428 g/mol. The van der Waals surface area contributed by atoms with Crippen molar-refractivity contribution in [3.63, 3.8) is 0 Å². The van der Waals surface area contributed by atoms with Gasteiger partial charge in [0, 0.05) is 22.6 Å². The highest BCUT2D eigenvalue weighted by Gasteiger charge is 2.16. The van der Waals surface area contributed by atoms with Crippen LogP contribution in [0.4, 0.5) is 10.2 Å². The Hall–Kier alpha value is -3.84. The highest BCUT2D eigenvalue weighted by molar-refractivity contribution is 7.12. The average molecular weight is 428 g/mol. The maximum atomic E-state index is 13.2. The van der Waals surface area contributed by atoms with Gasteiger partial charge >= 0.3 is 0 Å². The third kappa shape index (κ3) is 3.83. The number of hydrogen-bond acceptors (Lipinski definition) is 4. The van der Waals surface area contributed by atoms with Gasteiger partial charge in [0.1, 0.15) is 11.6 Å². The predicted molar refractivity (Wildman–Crippen MR) is 121 cm³/mol. The summed E-state index contributed by atoms with van der Waals surface area (Å²) in [4.78, 5) is 17.5. The second-order valence-corrected chi connectivity index (χ2v) is 7.96. The Bertz CT molecular complexity index is 1400. The number of amides is 1. The van der Waals surface area contributed by atoms with Crippen LogP contribution < -0.4 is 5.32 Å². The maximum absolute atomic E-state index is 13.2. The smallest absolute Gasteiger partial charge is 0.256 e. The first kappa shape index (κ1) is 19.1. The Balaban J connectivity index is 1.44. The molecular formula is C24H17FN4OS. The Kier molecular flexibility index (Phi) is 4.80. The molecule has 152 valence electrons. The Morgan fingerprint density at radius 1 is 1.00 bits per heavy atom. The summed E-state index contributed by atoms with van der Waals surface area (Å²) in [5.41, 5.74) is 2.86. The first-order valence-electron chi connectivity index (χ1n) is 9.65. The quantitative estimate of drug-likeness (QED) is 0.391. The summed E-state index contributed by atoms with van der Waals surface area (Å²) in [5, 5.41) is 12.0. The summed E-state index contributed by atoms with van der Waals surface area (Å²) < 4.78 is 14.8. The van der Waals surface area contributed by atoms with Gasteiger partial charge in [-0.3, -0.25) is 4.79 Å². The highest BCUT2D eigenvalue weighted by Crippen LogP contribution is 2.27. The van der Waals surface area contributed by atoms with E-state index < -0.39 is 0 Å². The van der Waals surface area contributed by atoms with Gasteiger partial charge in [-0.05, 0) is 54.1 Å². The summed E-state index contributed by atoms with van der Waals surface area (Å²) in [6.45, 7) is 1.86. The van der Waals surface area contributed by atoms with Crippen molar-refractivity contribution in [2.45, 2.75) is 6.92 Å². The van der Waals surface area contributed by atoms with Gasteiger partial charge in [0.25, 0.3) is 5.91 Å². The number of nitrogens with one attached hydrogen (secondary N) is 1. The van der Waals surface area contributed by atoms with Crippen molar-refractivity contribution < 1.29 is 9.18 Å². The van der Waals surface area contributed by atoms with E-state index in [9.17, 15) is 9.18 Å². The minimum Gasteiger partial charge on any atom is -0.306 e. The number of fused-ring (bicyclic) bond motifs is 1. The van der Waals surface area contributed by atoms with Crippen LogP contribution in [0.5, 0.6) is 0 Å². The Morgan fingerprint density at radius 2 is 1.77 bits per heavy atom. The Labute approximate surface area is 181 Å². The van der Waals surface area contributed by atoms with Gasteiger partial charge < -0.3 is 5.32 Å². The number of carbonyl (C=O) groups is 1. The normalized spacial score (nSPS) is 11.0. The zero-order chi connectivity index (χ0) is 21.4. The number of aromatic nitrogens is 3. The van der Waals surface area contributed by atoms with Crippen LogP contribution in [0.2, 0.25) is 0 Å². The van der Waals surface area contributed by atoms with E-state index in [0.717, 1.165) is 27.7 Å². The van der Waals surface area contributed by atoms with E-state index in [-0.39, 0.29) is 11.7 Å². The third-order valence-electron chi connectivity index (χ3n) is 4.90. The number of carbonyl (C=O) groups excluding carboxylic acids is 1. The molecule has 0 atom stereocenters. The SMILES string of the molecule is Cc1cc(NC(=O)c2ccc3ccccc3c2)n(-c2nc(-c3ccc(F)cc3)cs2)n1. The number of hydrogen-bond donors (Lipinski definition) is 1. The molecule has 5 rings (SSSR count). The molecule has 0 aliphatic heterocycles. The molecule has 5 nitrogen and oxygen atoms in total. The van der Waals surface area contributed by atoms with Gasteiger partial charge in [0.05, 0.1) is 11.4 Å². The van der Waals surface area contributed by atoms with Gasteiger partial charge in [-0.25, -0.2) is 9.37 Å². The fourth-order valence-corrected chi connectivity index (χ4v) is 4.16. The third-order valence-corrected chi connectivity index (χ3v) is 5.71. The molecule has 0 aliphatic rings. The van der Waals surface area contributed by atoms with Crippen molar-refractivity contribution in [1.29, 1.82) is 0 Å². The molecule has 0 saturated heterocycles. The van der Waals surface area contributed by atoms with Gasteiger partial charge in [0.15, 0.2) is 0 Å². The number of benzene rings is 3. The highest BCUT2D eigenvalue weighted by atomic mass is 32.1. The number of aryl methyl sites for hydroxylation is 1. The minimum atomic E-state index is -0.291. The summed E-state index contributed by atoms with van der Waals surface area (Å²) >= 11 is 1.40. The van der Waals surface area contributed by atoms with Crippen LogP contribution in [-0.4, -0.2) is 20.7 Å². The van der Waals surface area contributed by atoms with Crippen LogP contribution in [0.25, 0.3) is 27.2 Å². The molecular weight excluding hydrogens is 411 g/mol.